The highest BCUT2D eigenvalue weighted by Crippen LogP contribution is 2.44. The van der Waals surface area contributed by atoms with E-state index in [1.54, 1.807) is 12.1 Å². The molecule has 37 heavy (non-hydrogen) atoms. The third-order valence-corrected chi connectivity index (χ3v) is 15.7. The second kappa shape index (κ2) is 11.1. The minimum Gasteiger partial charge on any atom is -0.396 e. The Bertz CT molecular complexity index is 1370. The fourth-order valence-corrected chi connectivity index (χ4v) is 13.9. The van der Waals surface area contributed by atoms with Gasteiger partial charge in [-0.3, -0.25) is 4.79 Å². The number of fused-ring (bicyclic) bond motifs is 1. The number of amides is 1. The number of nitrogens with one attached hydrogen (secondary N) is 1. The van der Waals surface area contributed by atoms with E-state index in [9.17, 15) is 9.90 Å². The van der Waals surface area contributed by atoms with E-state index in [1.165, 1.54) is 16.9 Å². The number of anilines is 1. The van der Waals surface area contributed by atoms with Crippen LogP contribution in [-0.2, 0) is 6.42 Å². The third kappa shape index (κ3) is 5.15. The quantitative estimate of drug-likeness (QED) is 0.205. The predicted molar refractivity (Wildman–Crippen MR) is 160 cm³/mol. The average Bonchev–Trinajstić information content (AvgIpc) is 3.44. The van der Waals surface area contributed by atoms with E-state index in [0.717, 1.165) is 21.6 Å². The summed E-state index contributed by atoms with van der Waals surface area (Å²) >= 11 is 7.36. The van der Waals surface area contributed by atoms with E-state index in [1.807, 2.05) is 18.2 Å². The molecule has 0 aliphatic heterocycles. The van der Waals surface area contributed by atoms with E-state index >= 15 is 0 Å². The Morgan fingerprint density at radius 2 is 1.68 bits per heavy atom. The lowest BCUT2D eigenvalue weighted by Crippen LogP contribution is -2.51. The molecule has 0 bridgehead atoms. The summed E-state index contributed by atoms with van der Waals surface area (Å²) in [6, 6.07) is 15.7. The molecule has 2 heterocycles. The number of halogens is 1. The van der Waals surface area contributed by atoms with Crippen LogP contribution in [-0.4, -0.2) is 35.1 Å². The first kappa shape index (κ1) is 27.6. The average molecular weight is 554 g/mol. The lowest BCUT2D eigenvalue weighted by atomic mass is 10.2. The molecule has 0 spiro atoms. The van der Waals surface area contributed by atoms with Crippen molar-refractivity contribution in [1.29, 1.82) is 0 Å². The zero-order valence-electron chi connectivity index (χ0n) is 22.4. The number of nitrogens with zero attached hydrogens (tertiary/aromatic N) is 2. The van der Waals surface area contributed by atoms with Crippen LogP contribution in [0.25, 0.3) is 21.5 Å². The molecule has 0 fully saturated rings. The lowest BCUT2D eigenvalue weighted by molar-refractivity contribution is 0.102. The van der Waals surface area contributed by atoms with Gasteiger partial charge in [-0.05, 0) is 59.2 Å². The van der Waals surface area contributed by atoms with Crippen molar-refractivity contribution in [1.82, 2.24) is 9.22 Å². The van der Waals surface area contributed by atoms with Crippen molar-refractivity contribution in [2.45, 2.75) is 64.6 Å². The Kier molecular flexibility index (Phi) is 8.28. The molecular formula is C29H36ClN3O2SSi. The molecule has 1 amide bonds. The second-order valence-electron chi connectivity index (χ2n) is 10.5. The first-order valence-electron chi connectivity index (χ1n) is 12.9. The van der Waals surface area contributed by atoms with E-state index in [-0.39, 0.29) is 12.5 Å². The smallest absolute Gasteiger partial charge is 0.267 e. The van der Waals surface area contributed by atoms with E-state index in [0.29, 0.717) is 38.6 Å². The number of aliphatic hydroxyl groups is 1. The van der Waals surface area contributed by atoms with Gasteiger partial charge < -0.3 is 14.7 Å². The summed E-state index contributed by atoms with van der Waals surface area (Å²) in [6.07, 6.45) is 2.57. The maximum absolute atomic E-state index is 13.3. The molecule has 2 aromatic carbocycles. The Hall–Kier alpha value is -2.45. The van der Waals surface area contributed by atoms with Gasteiger partial charge in [-0.1, -0.05) is 65.3 Å². The monoisotopic (exact) mass is 553 g/mol. The van der Waals surface area contributed by atoms with Crippen LogP contribution >= 0.6 is 22.9 Å². The highest BCUT2D eigenvalue weighted by Gasteiger charge is 2.45. The lowest BCUT2D eigenvalue weighted by Gasteiger charge is -2.44. The SMILES string of the molecule is CC(C)[Si](C(C)C)(C(C)C)n1ccc2cc(NC(=O)c3sc(-c4ccc(Cl)cc4)nc3CCO)ccc21. The molecular weight excluding hydrogens is 518 g/mol. The topological polar surface area (TPSA) is 67.2 Å². The summed E-state index contributed by atoms with van der Waals surface area (Å²) < 4.78 is 2.58. The van der Waals surface area contributed by atoms with Gasteiger partial charge in [0.2, 0.25) is 0 Å². The first-order valence-corrected chi connectivity index (χ1v) is 16.3. The van der Waals surface area contributed by atoms with Gasteiger partial charge in [-0.15, -0.1) is 11.3 Å². The number of rotatable bonds is 9. The van der Waals surface area contributed by atoms with Crippen LogP contribution in [0.4, 0.5) is 5.69 Å². The molecule has 196 valence electrons. The number of thiazole rings is 1. The molecule has 4 aromatic rings. The van der Waals surface area contributed by atoms with Crippen LogP contribution in [0.5, 0.6) is 0 Å². The molecule has 0 aliphatic carbocycles. The van der Waals surface area contributed by atoms with E-state index < -0.39 is 8.24 Å². The Morgan fingerprint density at radius 3 is 2.27 bits per heavy atom. The number of carbonyl (C=O) groups excluding carboxylic acids is 1. The standard InChI is InChI=1S/C29H36ClN3O2SSi/c1-18(2)37(19(3)4,20(5)6)33-15-13-22-17-24(11-12-26(22)33)31-28(35)27-25(14-16-34)32-29(36-27)21-7-9-23(30)10-8-21/h7-13,15,17-20,34H,14,16H2,1-6H3,(H,31,35). The molecule has 8 heteroatoms. The number of hydrogen-bond acceptors (Lipinski definition) is 4. The molecule has 0 aliphatic rings. The van der Waals surface area contributed by atoms with Crippen LogP contribution in [0.1, 0.15) is 56.9 Å². The fraction of sp³-hybridized carbons (Fsp3) is 0.379. The maximum Gasteiger partial charge on any atom is 0.267 e. The van der Waals surface area contributed by atoms with Gasteiger partial charge in [-0.25, -0.2) is 4.98 Å². The summed E-state index contributed by atoms with van der Waals surface area (Å²) in [5.74, 6) is -0.213. The minimum absolute atomic E-state index is 0.0727. The Balaban J connectivity index is 1.66. The van der Waals surface area contributed by atoms with Gasteiger partial charge in [0.05, 0.1) is 5.69 Å². The van der Waals surface area contributed by atoms with Crippen LogP contribution in [0.3, 0.4) is 0 Å². The van der Waals surface area contributed by atoms with Crippen LogP contribution in [0.15, 0.2) is 54.7 Å². The number of carbonyl (C=O) groups is 1. The van der Waals surface area contributed by atoms with Gasteiger partial charge in [0, 0.05) is 40.2 Å². The summed E-state index contributed by atoms with van der Waals surface area (Å²) in [5, 5.41) is 15.1. The summed E-state index contributed by atoms with van der Waals surface area (Å²) in [7, 11) is -1.88. The zero-order valence-corrected chi connectivity index (χ0v) is 25.0. The number of benzene rings is 2. The van der Waals surface area contributed by atoms with Crippen molar-refractivity contribution in [3.8, 4) is 10.6 Å². The van der Waals surface area contributed by atoms with Gasteiger partial charge in [0.1, 0.15) is 9.88 Å². The molecule has 0 saturated carbocycles. The normalized spacial score (nSPS) is 12.3. The highest BCUT2D eigenvalue weighted by atomic mass is 35.5. The van der Waals surface area contributed by atoms with Crippen molar-refractivity contribution in [3.63, 3.8) is 0 Å². The number of aliphatic hydroxyl groups excluding tert-OH is 1. The van der Waals surface area contributed by atoms with Gasteiger partial charge >= 0.3 is 0 Å². The van der Waals surface area contributed by atoms with Crippen molar-refractivity contribution in [2.24, 2.45) is 0 Å². The highest BCUT2D eigenvalue weighted by molar-refractivity contribution is 7.17. The molecule has 5 nitrogen and oxygen atoms in total. The maximum atomic E-state index is 13.3. The molecule has 0 unspecified atom stereocenters. The van der Waals surface area contributed by atoms with Crippen LogP contribution in [0, 0.1) is 0 Å². The van der Waals surface area contributed by atoms with E-state index in [2.05, 4.69) is 80.5 Å². The summed E-state index contributed by atoms with van der Waals surface area (Å²) in [4.78, 5) is 18.5. The minimum atomic E-state index is -1.88. The molecule has 0 atom stereocenters. The van der Waals surface area contributed by atoms with Gasteiger partial charge in [0.15, 0.2) is 8.24 Å². The second-order valence-corrected chi connectivity index (χ2v) is 17.7. The Morgan fingerprint density at radius 1 is 1.03 bits per heavy atom. The Labute approximate surface area is 229 Å². The molecule has 4 rings (SSSR count). The molecule has 2 N–H and O–H groups in total. The predicted octanol–water partition coefficient (Wildman–Crippen LogP) is 8.23. The molecule has 0 saturated heterocycles. The van der Waals surface area contributed by atoms with E-state index in [4.69, 9.17) is 11.6 Å². The summed E-state index contributed by atoms with van der Waals surface area (Å²) in [5.41, 5.74) is 5.24. The fourth-order valence-electron chi connectivity index (χ4n) is 6.10. The largest absolute Gasteiger partial charge is 0.396 e. The van der Waals surface area contributed by atoms with Crippen LogP contribution in [0.2, 0.25) is 21.6 Å². The van der Waals surface area contributed by atoms with Crippen molar-refractivity contribution in [3.05, 3.63) is 70.3 Å². The van der Waals surface area contributed by atoms with Gasteiger partial charge in [0.25, 0.3) is 5.91 Å². The van der Waals surface area contributed by atoms with Gasteiger partial charge in [-0.2, -0.15) is 0 Å². The zero-order chi connectivity index (χ0) is 26.9. The number of hydrogen-bond donors (Lipinski definition) is 2. The molecule has 0 radical (unpaired) electrons. The van der Waals surface area contributed by atoms with Crippen molar-refractivity contribution in [2.75, 3.05) is 11.9 Å². The van der Waals surface area contributed by atoms with Crippen LogP contribution < -0.4 is 5.32 Å². The molecule has 2 aromatic heterocycles. The van der Waals surface area contributed by atoms with Crippen molar-refractivity contribution >= 4 is 53.7 Å². The summed E-state index contributed by atoms with van der Waals surface area (Å²) in [6.45, 7) is 14.1. The first-order chi connectivity index (χ1) is 17.6. The van der Waals surface area contributed by atoms with Crippen molar-refractivity contribution < 1.29 is 9.90 Å². The third-order valence-electron chi connectivity index (χ3n) is 7.48. The number of aromatic nitrogens is 2.